The molecule has 0 radical (unpaired) electrons. The summed E-state index contributed by atoms with van der Waals surface area (Å²) in [5.74, 6) is 1.21. The van der Waals surface area contributed by atoms with Crippen molar-refractivity contribution in [3.8, 4) is 0 Å². The molecule has 0 bridgehead atoms. The van der Waals surface area contributed by atoms with E-state index in [0.717, 1.165) is 37.2 Å². The molecule has 1 aromatic rings. The van der Waals surface area contributed by atoms with Crippen molar-refractivity contribution in [3.05, 3.63) is 35.9 Å². The molecular formula is C17H24ClNO. The van der Waals surface area contributed by atoms with Crippen molar-refractivity contribution < 1.29 is 4.79 Å². The average molecular weight is 294 g/mol. The van der Waals surface area contributed by atoms with Gasteiger partial charge in [-0.05, 0) is 44.1 Å². The van der Waals surface area contributed by atoms with E-state index in [9.17, 15) is 4.79 Å². The van der Waals surface area contributed by atoms with Crippen molar-refractivity contribution >= 4 is 17.5 Å². The van der Waals surface area contributed by atoms with E-state index in [2.05, 4.69) is 12.2 Å². The number of amides is 1. The van der Waals surface area contributed by atoms with Gasteiger partial charge in [0.25, 0.3) is 0 Å². The minimum Gasteiger partial charge on any atom is -0.349 e. The van der Waals surface area contributed by atoms with Crippen LogP contribution in [0.15, 0.2) is 30.3 Å². The van der Waals surface area contributed by atoms with Crippen molar-refractivity contribution in [1.29, 1.82) is 0 Å². The number of hydrogen-bond donors (Lipinski definition) is 1. The van der Waals surface area contributed by atoms with E-state index >= 15 is 0 Å². The Hall–Kier alpha value is -1.02. The van der Waals surface area contributed by atoms with Gasteiger partial charge in [-0.2, -0.15) is 0 Å². The van der Waals surface area contributed by atoms with Gasteiger partial charge in [0.15, 0.2) is 0 Å². The zero-order valence-electron chi connectivity index (χ0n) is 12.4. The fourth-order valence-electron chi connectivity index (χ4n) is 2.87. The van der Waals surface area contributed by atoms with E-state index in [-0.39, 0.29) is 17.4 Å². The second-order valence-corrected chi connectivity index (χ2v) is 6.49. The van der Waals surface area contributed by atoms with Crippen molar-refractivity contribution in [2.45, 2.75) is 51.0 Å². The van der Waals surface area contributed by atoms with Gasteiger partial charge in [-0.3, -0.25) is 4.79 Å². The zero-order valence-corrected chi connectivity index (χ0v) is 13.1. The summed E-state index contributed by atoms with van der Waals surface area (Å²) in [4.78, 5) is 12.5. The lowest BCUT2D eigenvalue weighted by Crippen LogP contribution is -2.53. The summed E-state index contributed by atoms with van der Waals surface area (Å²) in [6, 6.07) is 9.91. The molecule has 1 atom stereocenters. The molecule has 1 aromatic carbocycles. The van der Waals surface area contributed by atoms with Crippen LogP contribution in [0.3, 0.4) is 0 Å². The lowest BCUT2D eigenvalue weighted by Gasteiger charge is -2.39. The molecule has 0 heterocycles. The van der Waals surface area contributed by atoms with Gasteiger partial charge in [0.1, 0.15) is 0 Å². The third-order valence-corrected chi connectivity index (χ3v) is 5.08. The van der Waals surface area contributed by atoms with Gasteiger partial charge in [0.05, 0.1) is 11.5 Å². The van der Waals surface area contributed by atoms with Gasteiger partial charge in [0.2, 0.25) is 5.91 Å². The summed E-state index contributed by atoms with van der Waals surface area (Å²) in [6.45, 7) is 4.23. The van der Waals surface area contributed by atoms with E-state index < -0.39 is 0 Å². The van der Waals surface area contributed by atoms with Gasteiger partial charge in [-0.15, -0.1) is 11.6 Å². The SMILES string of the molecule is CC1CCC(CCl)(NC(=O)C(C)c2ccccc2)CC1. The highest BCUT2D eigenvalue weighted by Gasteiger charge is 2.35. The van der Waals surface area contributed by atoms with E-state index in [1.165, 1.54) is 0 Å². The molecular weight excluding hydrogens is 270 g/mol. The molecule has 20 heavy (non-hydrogen) atoms. The lowest BCUT2D eigenvalue weighted by molar-refractivity contribution is -0.124. The number of carbonyl (C=O) groups is 1. The number of halogens is 1. The molecule has 1 unspecified atom stereocenters. The van der Waals surface area contributed by atoms with Crippen LogP contribution >= 0.6 is 11.6 Å². The molecule has 3 heteroatoms. The molecule has 2 nitrogen and oxygen atoms in total. The maximum Gasteiger partial charge on any atom is 0.227 e. The molecule has 1 saturated carbocycles. The highest BCUT2D eigenvalue weighted by molar-refractivity contribution is 6.18. The van der Waals surface area contributed by atoms with E-state index in [1.54, 1.807) is 0 Å². The first kappa shape index (κ1) is 15.4. The Labute approximate surface area is 126 Å². The number of nitrogens with one attached hydrogen (secondary N) is 1. The van der Waals surface area contributed by atoms with Crippen LogP contribution in [-0.2, 0) is 4.79 Å². The van der Waals surface area contributed by atoms with Crippen molar-refractivity contribution in [3.63, 3.8) is 0 Å². The van der Waals surface area contributed by atoms with Crippen molar-refractivity contribution in [2.24, 2.45) is 5.92 Å². The number of benzene rings is 1. The maximum absolute atomic E-state index is 12.5. The molecule has 1 amide bonds. The van der Waals surface area contributed by atoms with Crippen LogP contribution in [0.1, 0.15) is 51.0 Å². The van der Waals surface area contributed by atoms with Crippen LogP contribution in [0.5, 0.6) is 0 Å². The van der Waals surface area contributed by atoms with Crippen LogP contribution in [0.25, 0.3) is 0 Å². The Balaban J connectivity index is 2.02. The molecule has 0 spiro atoms. The Kier molecular flexibility index (Phi) is 5.09. The first-order valence-electron chi connectivity index (χ1n) is 7.49. The minimum atomic E-state index is -0.200. The fourth-order valence-corrected chi connectivity index (χ4v) is 3.20. The first-order chi connectivity index (χ1) is 9.56. The van der Waals surface area contributed by atoms with Crippen LogP contribution in [0, 0.1) is 5.92 Å². The highest BCUT2D eigenvalue weighted by atomic mass is 35.5. The molecule has 1 fully saturated rings. The molecule has 0 aliphatic heterocycles. The quantitative estimate of drug-likeness (QED) is 0.832. The van der Waals surface area contributed by atoms with Crippen molar-refractivity contribution in [2.75, 3.05) is 5.88 Å². The molecule has 1 N–H and O–H groups in total. The Morgan fingerprint density at radius 3 is 2.50 bits per heavy atom. The molecule has 1 aliphatic carbocycles. The van der Waals surface area contributed by atoms with Crippen LogP contribution in [0.2, 0.25) is 0 Å². The number of carbonyl (C=O) groups excluding carboxylic acids is 1. The summed E-state index contributed by atoms with van der Waals surface area (Å²) in [5, 5.41) is 3.23. The minimum absolute atomic E-state index is 0.0893. The fraction of sp³-hybridized carbons (Fsp3) is 0.588. The normalized spacial score (nSPS) is 27.9. The first-order valence-corrected chi connectivity index (χ1v) is 8.03. The van der Waals surface area contributed by atoms with E-state index in [0.29, 0.717) is 5.88 Å². The number of alkyl halides is 1. The van der Waals surface area contributed by atoms with Gasteiger partial charge in [-0.25, -0.2) is 0 Å². The second kappa shape index (κ2) is 6.62. The Morgan fingerprint density at radius 2 is 1.95 bits per heavy atom. The summed E-state index contributed by atoms with van der Waals surface area (Å²) >= 11 is 6.16. The number of hydrogen-bond acceptors (Lipinski definition) is 1. The molecule has 110 valence electrons. The topological polar surface area (TPSA) is 29.1 Å². The summed E-state index contributed by atoms with van der Waals surface area (Å²) in [7, 11) is 0. The summed E-state index contributed by atoms with van der Waals surface area (Å²) in [5.41, 5.74) is 0.854. The predicted octanol–water partition coefficient (Wildman–Crippen LogP) is 4.09. The molecule has 1 aliphatic rings. The second-order valence-electron chi connectivity index (χ2n) is 6.22. The maximum atomic E-state index is 12.5. The third kappa shape index (κ3) is 3.54. The van der Waals surface area contributed by atoms with Crippen molar-refractivity contribution in [1.82, 2.24) is 5.32 Å². The monoisotopic (exact) mass is 293 g/mol. The van der Waals surface area contributed by atoms with E-state index in [1.807, 2.05) is 37.3 Å². The smallest absolute Gasteiger partial charge is 0.227 e. The Bertz CT molecular complexity index is 438. The summed E-state index contributed by atoms with van der Waals surface area (Å²) in [6.07, 6.45) is 4.27. The van der Waals surface area contributed by atoms with Crippen LogP contribution in [0.4, 0.5) is 0 Å². The molecule has 2 rings (SSSR count). The highest BCUT2D eigenvalue weighted by Crippen LogP contribution is 2.33. The largest absolute Gasteiger partial charge is 0.349 e. The molecule has 0 aromatic heterocycles. The lowest BCUT2D eigenvalue weighted by atomic mass is 9.78. The van der Waals surface area contributed by atoms with Crippen LogP contribution < -0.4 is 5.32 Å². The van der Waals surface area contributed by atoms with Gasteiger partial charge in [0, 0.05) is 5.88 Å². The van der Waals surface area contributed by atoms with Gasteiger partial charge in [-0.1, -0.05) is 37.3 Å². The number of rotatable bonds is 4. The Morgan fingerprint density at radius 1 is 1.35 bits per heavy atom. The van der Waals surface area contributed by atoms with E-state index in [4.69, 9.17) is 11.6 Å². The summed E-state index contributed by atoms with van der Waals surface area (Å²) < 4.78 is 0. The van der Waals surface area contributed by atoms with Gasteiger partial charge < -0.3 is 5.32 Å². The third-order valence-electron chi connectivity index (χ3n) is 4.57. The predicted molar refractivity (Wildman–Crippen MR) is 84.1 cm³/mol. The average Bonchev–Trinajstić information content (AvgIpc) is 2.50. The standard InChI is InChI=1S/C17H24ClNO/c1-13-8-10-17(12-18,11-9-13)19-16(20)14(2)15-6-4-3-5-7-15/h3-7,13-14H,8-12H2,1-2H3,(H,19,20). The van der Waals surface area contributed by atoms with Gasteiger partial charge >= 0.3 is 0 Å². The zero-order chi connectivity index (χ0) is 14.6. The molecule has 0 saturated heterocycles. The van der Waals surface area contributed by atoms with Crippen LogP contribution in [-0.4, -0.2) is 17.3 Å².